The van der Waals surface area contributed by atoms with E-state index in [0.29, 0.717) is 0 Å². The predicted molar refractivity (Wildman–Crippen MR) is 78.0 cm³/mol. The van der Waals surface area contributed by atoms with E-state index in [0.717, 1.165) is 12.8 Å². The standard InChI is InChI=1S/C18H20/c1-3-13-11-17-9-7-15(13)5-6-16-8-10-18(17)12-14(16)4-2/h7-12H,3-6H2,1-2H3. The van der Waals surface area contributed by atoms with E-state index >= 15 is 0 Å². The maximum Gasteiger partial charge on any atom is -0.0181 e. The molecule has 2 aromatic carbocycles. The Labute approximate surface area is 110 Å². The summed E-state index contributed by atoms with van der Waals surface area (Å²) in [5, 5.41) is 0. The Morgan fingerprint density at radius 3 is 1.56 bits per heavy atom. The molecule has 0 saturated carbocycles. The molecule has 2 aromatic rings. The van der Waals surface area contributed by atoms with Gasteiger partial charge >= 0.3 is 0 Å². The Morgan fingerprint density at radius 2 is 1.17 bits per heavy atom. The lowest BCUT2D eigenvalue weighted by molar-refractivity contribution is 0.907. The highest BCUT2D eigenvalue weighted by Crippen LogP contribution is 2.29. The number of aryl methyl sites for hydroxylation is 4. The summed E-state index contributed by atoms with van der Waals surface area (Å²) in [7, 11) is 0. The summed E-state index contributed by atoms with van der Waals surface area (Å²) < 4.78 is 0. The maximum absolute atomic E-state index is 2.38. The van der Waals surface area contributed by atoms with Crippen molar-refractivity contribution in [2.45, 2.75) is 39.5 Å². The van der Waals surface area contributed by atoms with Gasteiger partial charge in [0.15, 0.2) is 0 Å². The second-order valence-electron chi connectivity index (χ2n) is 5.17. The molecular formula is C18H20. The predicted octanol–water partition coefficient (Wildman–Crippen LogP) is 4.58. The van der Waals surface area contributed by atoms with E-state index in [1.54, 1.807) is 0 Å². The first-order chi connectivity index (χ1) is 8.81. The molecule has 4 bridgehead atoms. The van der Waals surface area contributed by atoms with Crippen LogP contribution < -0.4 is 0 Å². The van der Waals surface area contributed by atoms with Gasteiger partial charge in [0, 0.05) is 0 Å². The van der Waals surface area contributed by atoms with Crippen molar-refractivity contribution < 1.29 is 0 Å². The van der Waals surface area contributed by atoms with Crippen LogP contribution in [0.2, 0.25) is 0 Å². The third-order valence-corrected chi connectivity index (χ3v) is 4.17. The van der Waals surface area contributed by atoms with Gasteiger partial charge < -0.3 is 0 Å². The van der Waals surface area contributed by atoms with E-state index in [1.807, 2.05) is 0 Å². The zero-order valence-electron chi connectivity index (χ0n) is 11.3. The summed E-state index contributed by atoms with van der Waals surface area (Å²) in [5.41, 5.74) is 8.86. The van der Waals surface area contributed by atoms with Crippen LogP contribution in [0.5, 0.6) is 0 Å². The average Bonchev–Trinajstić information content (AvgIpc) is 2.46. The molecule has 0 N–H and O–H groups in total. The van der Waals surface area contributed by atoms with Crippen LogP contribution in [0, 0.1) is 0 Å². The fraction of sp³-hybridized carbons (Fsp3) is 0.333. The van der Waals surface area contributed by atoms with Crippen molar-refractivity contribution in [3.63, 3.8) is 0 Å². The molecule has 18 heavy (non-hydrogen) atoms. The molecule has 6 rings (SSSR count). The lowest BCUT2D eigenvalue weighted by Gasteiger charge is -2.17. The summed E-state index contributed by atoms with van der Waals surface area (Å²) in [6.45, 7) is 4.52. The number of hydrogen-bond donors (Lipinski definition) is 0. The first kappa shape index (κ1) is 11.5. The number of rotatable bonds is 2. The van der Waals surface area contributed by atoms with E-state index in [4.69, 9.17) is 0 Å². The van der Waals surface area contributed by atoms with Gasteiger partial charge in [0.1, 0.15) is 0 Å². The Morgan fingerprint density at radius 1 is 0.722 bits per heavy atom. The Bertz CT molecular complexity index is 525. The van der Waals surface area contributed by atoms with Gasteiger partial charge in [-0.05, 0) is 59.1 Å². The smallest absolute Gasteiger partial charge is 0.0181 e. The molecule has 0 amide bonds. The van der Waals surface area contributed by atoms with E-state index in [1.165, 1.54) is 46.2 Å². The van der Waals surface area contributed by atoms with Crippen LogP contribution in [0.15, 0.2) is 36.4 Å². The lowest BCUT2D eigenvalue weighted by atomic mass is 9.88. The van der Waals surface area contributed by atoms with Gasteiger partial charge in [-0.15, -0.1) is 0 Å². The largest absolute Gasteiger partial charge is 0.0613 e. The zero-order chi connectivity index (χ0) is 12.5. The van der Waals surface area contributed by atoms with Crippen molar-refractivity contribution in [1.82, 2.24) is 0 Å². The topological polar surface area (TPSA) is 0 Å². The summed E-state index contributed by atoms with van der Waals surface area (Å²) in [5.74, 6) is 0. The van der Waals surface area contributed by atoms with Crippen molar-refractivity contribution in [3.8, 4) is 11.1 Å². The van der Waals surface area contributed by atoms with Crippen LogP contribution in [-0.2, 0) is 25.7 Å². The quantitative estimate of drug-likeness (QED) is 0.716. The molecule has 0 nitrogen and oxygen atoms in total. The second-order valence-corrected chi connectivity index (χ2v) is 5.17. The fourth-order valence-electron chi connectivity index (χ4n) is 3.03. The number of benzene rings is 2. The van der Waals surface area contributed by atoms with Crippen LogP contribution in [0.4, 0.5) is 0 Å². The van der Waals surface area contributed by atoms with Crippen LogP contribution in [0.3, 0.4) is 0 Å². The van der Waals surface area contributed by atoms with E-state index in [-0.39, 0.29) is 0 Å². The van der Waals surface area contributed by atoms with Crippen LogP contribution in [0.25, 0.3) is 11.1 Å². The molecule has 0 atom stereocenters. The normalized spacial score (nSPS) is 13.0. The maximum atomic E-state index is 2.38. The third kappa shape index (κ3) is 1.86. The third-order valence-electron chi connectivity index (χ3n) is 4.17. The fourth-order valence-corrected chi connectivity index (χ4v) is 3.03. The zero-order valence-corrected chi connectivity index (χ0v) is 11.3. The van der Waals surface area contributed by atoms with E-state index in [2.05, 4.69) is 50.2 Å². The van der Waals surface area contributed by atoms with Crippen LogP contribution in [0.1, 0.15) is 36.1 Å². The molecule has 0 saturated heterocycles. The van der Waals surface area contributed by atoms with Gasteiger partial charge in [-0.3, -0.25) is 0 Å². The monoisotopic (exact) mass is 236 g/mol. The molecule has 0 unspecified atom stereocenters. The molecule has 0 radical (unpaired) electrons. The Hall–Kier alpha value is -1.56. The SMILES string of the molecule is CCc1cc2ccc1CCc1ccc-2cc1CC. The first-order valence-electron chi connectivity index (χ1n) is 7.05. The molecule has 92 valence electrons. The van der Waals surface area contributed by atoms with Crippen molar-refractivity contribution in [2.75, 3.05) is 0 Å². The molecule has 0 aromatic heterocycles. The molecule has 0 heteroatoms. The van der Waals surface area contributed by atoms with Crippen molar-refractivity contribution in [1.29, 1.82) is 0 Å². The van der Waals surface area contributed by atoms with Gasteiger partial charge in [0.25, 0.3) is 0 Å². The summed E-state index contributed by atoms with van der Waals surface area (Å²) in [4.78, 5) is 0. The minimum Gasteiger partial charge on any atom is -0.0613 e. The summed E-state index contributed by atoms with van der Waals surface area (Å²) >= 11 is 0. The van der Waals surface area contributed by atoms with Gasteiger partial charge in [-0.1, -0.05) is 50.2 Å². The van der Waals surface area contributed by atoms with Crippen LogP contribution in [-0.4, -0.2) is 0 Å². The van der Waals surface area contributed by atoms with E-state index in [9.17, 15) is 0 Å². The second kappa shape index (κ2) is 4.61. The van der Waals surface area contributed by atoms with Crippen LogP contribution >= 0.6 is 0 Å². The van der Waals surface area contributed by atoms with Crippen molar-refractivity contribution >= 4 is 0 Å². The average molecular weight is 236 g/mol. The van der Waals surface area contributed by atoms with Gasteiger partial charge in [-0.2, -0.15) is 0 Å². The Kier molecular flexibility index (Phi) is 2.95. The molecule has 4 aliphatic rings. The van der Waals surface area contributed by atoms with E-state index < -0.39 is 0 Å². The van der Waals surface area contributed by atoms with Gasteiger partial charge in [0.2, 0.25) is 0 Å². The molecule has 0 heterocycles. The molecule has 0 spiro atoms. The lowest BCUT2D eigenvalue weighted by Crippen LogP contribution is -2.02. The molecular weight excluding hydrogens is 216 g/mol. The first-order valence-corrected chi connectivity index (χ1v) is 7.05. The van der Waals surface area contributed by atoms with Gasteiger partial charge in [-0.25, -0.2) is 0 Å². The summed E-state index contributed by atoms with van der Waals surface area (Å²) in [6.07, 6.45) is 4.63. The highest BCUT2D eigenvalue weighted by atomic mass is 14.2. The van der Waals surface area contributed by atoms with Crippen molar-refractivity contribution in [3.05, 3.63) is 58.7 Å². The minimum atomic E-state index is 1.14. The Balaban J connectivity index is 2.23. The minimum absolute atomic E-state index is 1.14. The molecule has 0 aliphatic heterocycles. The van der Waals surface area contributed by atoms with Gasteiger partial charge in [0.05, 0.1) is 0 Å². The number of hydrogen-bond acceptors (Lipinski definition) is 0. The highest BCUT2D eigenvalue weighted by molar-refractivity contribution is 5.67. The summed E-state index contributed by atoms with van der Waals surface area (Å²) in [6, 6.07) is 14.0. The molecule has 4 aliphatic carbocycles. The molecule has 0 fully saturated rings. The van der Waals surface area contributed by atoms with Crippen molar-refractivity contribution in [2.24, 2.45) is 0 Å². The highest BCUT2D eigenvalue weighted by Gasteiger charge is 2.11.